The molecule has 1 saturated heterocycles. The first kappa shape index (κ1) is 13.9. The van der Waals surface area contributed by atoms with E-state index in [2.05, 4.69) is 0 Å². The highest BCUT2D eigenvalue weighted by Gasteiger charge is 2.35. The fourth-order valence-corrected chi connectivity index (χ4v) is 2.69. The van der Waals surface area contributed by atoms with Crippen LogP contribution in [-0.2, 0) is 16.0 Å². The second-order valence-corrected chi connectivity index (χ2v) is 5.90. The smallest absolute Gasteiger partial charge is 0.227 e. The highest BCUT2D eigenvalue weighted by Crippen LogP contribution is 2.31. The molecule has 1 aromatic carbocycles. The van der Waals surface area contributed by atoms with Crippen LogP contribution < -0.4 is 5.73 Å². The summed E-state index contributed by atoms with van der Waals surface area (Å²) in [5.74, 6) is 0.668. The Labute approximate surface area is 124 Å². The molecule has 1 heterocycles. The van der Waals surface area contributed by atoms with Crippen molar-refractivity contribution in [2.75, 3.05) is 31.9 Å². The van der Waals surface area contributed by atoms with Gasteiger partial charge in [-0.3, -0.25) is 9.59 Å². The number of rotatable bonds is 3. The summed E-state index contributed by atoms with van der Waals surface area (Å²) in [6, 6.07) is 7.41. The first-order valence-corrected chi connectivity index (χ1v) is 7.54. The minimum absolute atomic E-state index is 0.123. The summed E-state index contributed by atoms with van der Waals surface area (Å²) in [5.41, 5.74) is 7.32. The Hall–Kier alpha value is -2.04. The van der Waals surface area contributed by atoms with Gasteiger partial charge in [0.15, 0.2) is 0 Å². The van der Waals surface area contributed by atoms with E-state index < -0.39 is 0 Å². The number of carbonyl (C=O) groups is 2. The molecule has 2 N–H and O–H groups in total. The van der Waals surface area contributed by atoms with E-state index in [0.717, 1.165) is 18.4 Å². The number of nitrogens with two attached hydrogens (primary N) is 1. The summed E-state index contributed by atoms with van der Waals surface area (Å²) in [6.45, 7) is 2.63. The third-order valence-electron chi connectivity index (χ3n) is 4.21. The maximum atomic E-state index is 12.3. The minimum Gasteiger partial charge on any atom is -0.399 e. The van der Waals surface area contributed by atoms with Gasteiger partial charge in [0.05, 0.1) is 6.42 Å². The third-order valence-corrected chi connectivity index (χ3v) is 4.21. The monoisotopic (exact) mass is 287 g/mol. The topological polar surface area (TPSA) is 66.6 Å². The number of benzene rings is 1. The van der Waals surface area contributed by atoms with E-state index in [1.807, 2.05) is 34.1 Å². The number of anilines is 1. The highest BCUT2D eigenvalue weighted by atomic mass is 16.2. The predicted molar refractivity (Wildman–Crippen MR) is 80.4 cm³/mol. The van der Waals surface area contributed by atoms with Gasteiger partial charge in [0.2, 0.25) is 11.8 Å². The van der Waals surface area contributed by atoms with Crippen LogP contribution in [0.2, 0.25) is 0 Å². The molecule has 2 amide bonds. The van der Waals surface area contributed by atoms with Crippen molar-refractivity contribution < 1.29 is 9.59 Å². The lowest BCUT2D eigenvalue weighted by molar-refractivity contribution is -0.140. The molecule has 0 unspecified atom stereocenters. The summed E-state index contributed by atoms with van der Waals surface area (Å²) in [5, 5.41) is 0. The number of amides is 2. The normalized spacial score (nSPS) is 18.7. The molecule has 1 aliphatic carbocycles. The fraction of sp³-hybridized carbons (Fsp3) is 0.500. The third kappa shape index (κ3) is 3.35. The van der Waals surface area contributed by atoms with Crippen LogP contribution in [0.5, 0.6) is 0 Å². The Kier molecular flexibility index (Phi) is 3.82. The molecule has 0 aromatic heterocycles. The Morgan fingerprint density at radius 2 is 1.57 bits per heavy atom. The molecule has 2 aliphatic rings. The summed E-state index contributed by atoms with van der Waals surface area (Å²) in [6.07, 6.45) is 2.47. The number of nitrogens with zero attached hydrogens (tertiary/aromatic N) is 2. The molecule has 5 nitrogen and oxygen atoms in total. The Bertz CT molecular complexity index is 529. The molecule has 0 atom stereocenters. The number of carbonyl (C=O) groups excluding carboxylic acids is 2. The van der Waals surface area contributed by atoms with Gasteiger partial charge < -0.3 is 15.5 Å². The van der Waals surface area contributed by atoms with Crippen molar-refractivity contribution >= 4 is 17.5 Å². The standard InChI is InChI=1S/C16H21N3O2/c17-14-5-1-12(2-6-14)11-15(20)18-7-9-19(10-8-18)16(21)13-3-4-13/h1-2,5-6,13H,3-4,7-11,17H2. The van der Waals surface area contributed by atoms with Crippen LogP contribution in [0.25, 0.3) is 0 Å². The van der Waals surface area contributed by atoms with Gasteiger partial charge in [-0.2, -0.15) is 0 Å². The van der Waals surface area contributed by atoms with Crippen LogP contribution in [-0.4, -0.2) is 47.8 Å². The van der Waals surface area contributed by atoms with Crippen molar-refractivity contribution in [3.05, 3.63) is 29.8 Å². The summed E-state index contributed by atoms with van der Waals surface area (Å²) >= 11 is 0. The average molecular weight is 287 g/mol. The van der Waals surface area contributed by atoms with Gasteiger partial charge in [-0.15, -0.1) is 0 Å². The van der Waals surface area contributed by atoms with Crippen LogP contribution in [0.3, 0.4) is 0 Å². The molecule has 0 bridgehead atoms. The van der Waals surface area contributed by atoms with Gasteiger partial charge in [-0.25, -0.2) is 0 Å². The quantitative estimate of drug-likeness (QED) is 0.840. The molecular weight excluding hydrogens is 266 g/mol. The van der Waals surface area contributed by atoms with Gasteiger partial charge in [0.25, 0.3) is 0 Å². The van der Waals surface area contributed by atoms with Crippen molar-refractivity contribution in [3.8, 4) is 0 Å². The maximum absolute atomic E-state index is 12.3. The molecule has 112 valence electrons. The minimum atomic E-state index is 0.123. The van der Waals surface area contributed by atoms with Gasteiger partial charge in [-0.1, -0.05) is 12.1 Å². The van der Waals surface area contributed by atoms with Crippen LogP contribution in [0.4, 0.5) is 5.69 Å². The lowest BCUT2D eigenvalue weighted by Gasteiger charge is -2.35. The Balaban J connectivity index is 1.50. The largest absolute Gasteiger partial charge is 0.399 e. The van der Waals surface area contributed by atoms with E-state index in [9.17, 15) is 9.59 Å². The van der Waals surface area contributed by atoms with Gasteiger partial charge in [-0.05, 0) is 30.5 Å². The van der Waals surface area contributed by atoms with E-state index in [1.165, 1.54) is 0 Å². The fourth-order valence-electron chi connectivity index (χ4n) is 2.69. The molecule has 0 spiro atoms. The first-order valence-electron chi connectivity index (χ1n) is 7.54. The lowest BCUT2D eigenvalue weighted by Crippen LogP contribution is -2.51. The van der Waals surface area contributed by atoms with Crippen molar-refractivity contribution in [1.82, 2.24) is 9.80 Å². The zero-order valence-electron chi connectivity index (χ0n) is 12.1. The molecule has 0 radical (unpaired) electrons. The molecule has 1 aromatic rings. The number of piperazine rings is 1. The molecule has 3 rings (SSSR count). The highest BCUT2D eigenvalue weighted by molar-refractivity contribution is 5.82. The second kappa shape index (κ2) is 5.76. The summed E-state index contributed by atoms with van der Waals surface area (Å²) < 4.78 is 0. The zero-order chi connectivity index (χ0) is 14.8. The van der Waals surface area contributed by atoms with Gasteiger partial charge in [0, 0.05) is 37.8 Å². The number of nitrogen functional groups attached to an aromatic ring is 1. The van der Waals surface area contributed by atoms with E-state index in [1.54, 1.807) is 0 Å². The SMILES string of the molecule is Nc1ccc(CC(=O)N2CCN(C(=O)C3CC3)CC2)cc1. The first-order chi connectivity index (χ1) is 10.1. The Morgan fingerprint density at radius 3 is 2.14 bits per heavy atom. The molecule has 5 heteroatoms. The van der Waals surface area contributed by atoms with E-state index in [4.69, 9.17) is 5.73 Å². The van der Waals surface area contributed by atoms with E-state index in [0.29, 0.717) is 38.3 Å². The predicted octanol–water partition coefficient (Wildman–Crippen LogP) is 0.892. The van der Waals surface area contributed by atoms with E-state index >= 15 is 0 Å². The lowest BCUT2D eigenvalue weighted by atomic mass is 10.1. The molecule has 2 fully saturated rings. The number of hydrogen-bond acceptors (Lipinski definition) is 3. The molecular formula is C16H21N3O2. The van der Waals surface area contributed by atoms with Crippen molar-refractivity contribution in [2.45, 2.75) is 19.3 Å². The molecule has 1 aliphatic heterocycles. The summed E-state index contributed by atoms with van der Waals surface area (Å²) in [4.78, 5) is 28.0. The zero-order valence-corrected chi connectivity index (χ0v) is 12.1. The van der Waals surface area contributed by atoms with Crippen LogP contribution >= 0.6 is 0 Å². The number of hydrogen-bond donors (Lipinski definition) is 1. The van der Waals surface area contributed by atoms with Gasteiger partial charge in [0.1, 0.15) is 0 Å². The van der Waals surface area contributed by atoms with Crippen LogP contribution in [0.15, 0.2) is 24.3 Å². The van der Waals surface area contributed by atoms with Crippen LogP contribution in [0.1, 0.15) is 18.4 Å². The average Bonchev–Trinajstić information content (AvgIpc) is 3.34. The van der Waals surface area contributed by atoms with Gasteiger partial charge >= 0.3 is 0 Å². The maximum Gasteiger partial charge on any atom is 0.227 e. The summed E-state index contributed by atoms with van der Waals surface area (Å²) in [7, 11) is 0. The van der Waals surface area contributed by atoms with Crippen LogP contribution in [0, 0.1) is 5.92 Å². The Morgan fingerprint density at radius 1 is 1.00 bits per heavy atom. The second-order valence-electron chi connectivity index (χ2n) is 5.90. The van der Waals surface area contributed by atoms with Crippen molar-refractivity contribution in [1.29, 1.82) is 0 Å². The van der Waals surface area contributed by atoms with E-state index in [-0.39, 0.29) is 17.7 Å². The van der Waals surface area contributed by atoms with Crippen molar-refractivity contribution in [2.24, 2.45) is 5.92 Å². The molecule has 21 heavy (non-hydrogen) atoms. The molecule has 1 saturated carbocycles. The van der Waals surface area contributed by atoms with Crippen molar-refractivity contribution in [3.63, 3.8) is 0 Å².